The van der Waals surface area contributed by atoms with Gasteiger partial charge in [0.05, 0.1) is 24.4 Å². The summed E-state index contributed by atoms with van der Waals surface area (Å²) < 4.78 is 10.9. The van der Waals surface area contributed by atoms with Crippen LogP contribution >= 0.6 is 11.3 Å². The van der Waals surface area contributed by atoms with Crippen molar-refractivity contribution in [1.82, 2.24) is 15.8 Å². The van der Waals surface area contributed by atoms with Gasteiger partial charge in [-0.05, 0) is 37.1 Å². The van der Waals surface area contributed by atoms with Crippen LogP contribution in [0.3, 0.4) is 0 Å². The van der Waals surface area contributed by atoms with E-state index in [9.17, 15) is 9.59 Å². The first kappa shape index (κ1) is 22.3. The third-order valence-corrected chi connectivity index (χ3v) is 5.58. The first-order valence-electron chi connectivity index (χ1n) is 9.93. The molecule has 0 atom stereocenters. The van der Waals surface area contributed by atoms with Gasteiger partial charge in [0.2, 0.25) is 0 Å². The molecule has 3 aromatic rings. The molecule has 0 unspecified atom stereocenters. The molecule has 0 fully saturated rings. The molecule has 1 aromatic heterocycles. The summed E-state index contributed by atoms with van der Waals surface area (Å²) in [6, 6.07) is 14.8. The van der Waals surface area contributed by atoms with Crippen LogP contribution in [-0.4, -0.2) is 30.5 Å². The van der Waals surface area contributed by atoms with Crippen molar-refractivity contribution in [3.8, 4) is 11.5 Å². The molecule has 7 nitrogen and oxygen atoms in total. The molecule has 31 heavy (non-hydrogen) atoms. The summed E-state index contributed by atoms with van der Waals surface area (Å²) in [6.45, 7) is 4.34. The smallest absolute Gasteiger partial charge is 0.281 e. The van der Waals surface area contributed by atoms with Gasteiger partial charge < -0.3 is 9.47 Å². The average molecular weight is 440 g/mol. The molecular formula is C23H25N3O4S. The van der Waals surface area contributed by atoms with Crippen LogP contribution in [0.2, 0.25) is 0 Å². The first-order valence-corrected chi connectivity index (χ1v) is 10.7. The maximum Gasteiger partial charge on any atom is 0.281 e. The van der Waals surface area contributed by atoms with Crippen LogP contribution in [-0.2, 0) is 6.42 Å². The van der Waals surface area contributed by atoms with E-state index in [0.29, 0.717) is 40.7 Å². The lowest BCUT2D eigenvalue weighted by Gasteiger charge is -2.12. The van der Waals surface area contributed by atoms with Crippen LogP contribution in [0.15, 0.2) is 48.5 Å². The minimum atomic E-state index is -0.458. The van der Waals surface area contributed by atoms with Crippen molar-refractivity contribution in [2.45, 2.75) is 26.7 Å². The lowest BCUT2D eigenvalue weighted by molar-refractivity contribution is 0.0848. The number of carbonyl (C=O) groups excluding carboxylic acids is 2. The minimum absolute atomic E-state index is 0.340. The normalized spacial score (nSPS) is 10.4. The number of aromatic nitrogens is 1. The van der Waals surface area contributed by atoms with Gasteiger partial charge in [0.15, 0.2) is 11.5 Å². The molecule has 0 aliphatic rings. The van der Waals surface area contributed by atoms with Gasteiger partial charge in [-0.25, -0.2) is 4.98 Å². The Morgan fingerprint density at radius 2 is 1.77 bits per heavy atom. The third kappa shape index (κ3) is 5.82. The van der Waals surface area contributed by atoms with Crippen LogP contribution in [0.5, 0.6) is 11.5 Å². The zero-order valence-electron chi connectivity index (χ0n) is 17.7. The molecule has 162 valence electrons. The van der Waals surface area contributed by atoms with Crippen molar-refractivity contribution in [3.05, 3.63) is 75.2 Å². The van der Waals surface area contributed by atoms with Gasteiger partial charge in [0.25, 0.3) is 11.8 Å². The van der Waals surface area contributed by atoms with Gasteiger partial charge in [0.1, 0.15) is 4.88 Å². The Morgan fingerprint density at radius 1 is 1.03 bits per heavy atom. The van der Waals surface area contributed by atoms with Gasteiger partial charge in [0, 0.05) is 12.0 Å². The number of benzene rings is 2. The third-order valence-electron chi connectivity index (χ3n) is 4.42. The molecule has 3 rings (SSSR count). The number of nitrogens with zero attached hydrogens (tertiary/aromatic N) is 1. The number of aryl methyl sites for hydroxylation is 1. The summed E-state index contributed by atoms with van der Waals surface area (Å²) in [5.74, 6) is 0.158. The van der Waals surface area contributed by atoms with E-state index in [2.05, 4.69) is 15.8 Å². The second-order valence-electron chi connectivity index (χ2n) is 6.81. The topological polar surface area (TPSA) is 89.6 Å². The highest BCUT2D eigenvalue weighted by atomic mass is 32.1. The molecule has 0 radical (unpaired) electrons. The van der Waals surface area contributed by atoms with Crippen molar-refractivity contribution < 1.29 is 19.1 Å². The van der Waals surface area contributed by atoms with E-state index >= 15 is 0 Å². The predicted octanol–water partition coefficient (Wildman–Crippen LogP) is 3.91. The molecule has 2 amide bonds. The molecule has 0 bridgehead atoms. The largest absolute Gasteiger partial charge is 0.493 e. The number of hydrogen-bond acceptors (Lipinski definition) is 6. The molecule has 1 heterocycles. The fraction of sp³-hybridized carbons (Fsp3) is 0.261. The van der Waals surface area contributed by atoms with Gasteiger partial charge in [-0.15, -0.1) is 11.3 Å². The summed E-state index contributed by atoms with van der Waals surface area (Å²) in [4.78, 5) is 30.0. The van der Waals surface area contributed by atoms with Crippen LogP contribution in [0.1, 0.15) is 49.6 Å². The first-order chi connectivity index (χ1) is 15.0. The molecule has 8 heteroatoms. The van der Waals surface area contributed by atoms with E-state index in [-0.39, 0.29) is 0 Å². The number of hydrogen-bond donors (Lipinski definition) is 2. The van der Waals surface area contributed by atoms with Crippen LogP contribution in [0, 0.1) is 6.92 Å². The Kier molecular flexibility index (Phi) is 7.61. The zero-order valence-corrected chi connectivity index (χ0v) is 18.5. The Labute approximate surface area is 185 Å². The van der Waals surface area contributed by atoms with E-state index < -0.39 is 11.8 Å². The van der Waals surface area contributed by atoms with Gasteiger partial charge in [-0.2, -0.15) is 0 Å². The predicted molar refractivity (Wildman–Crippen MR) is 120 cm³/mol. The second kappa shape index (κ2) is 10.6. The molecule has 0 saturated carbocycles. The number of rotatable bonds is 8. The van der Waals surface area contributed by atoms with Gasteiger partial charge in [-0.3, -0.25) is 20.4 Å². The lowest BCUT2D eigenvalue weighted by atomic mass is 10.2. The number of ether oxygens (including phenoxy) is 2. The van der Waals surface area contributed by atoms with E-state index in [4.69, 9.17) is 9.47 Å². The van der Waals surface area contributed by atoms with Crippen LogP contribution in [0.4, 0.5) is 0 Å². The Bertz CT molecular complexity index is 1050. The Balaban J connectivity index is 1.62. The van der Waals surface area contributed by atoms with E-state index in [1.54, 1.807) is 25.1 Å². The zero-order chi connectivity index (χ0) is 22.2. The van der Waals surface area contributed by atoms with E-state index in [0.717, 1.165) is 17.0 Å². The second-order valence-corrected chi connectivity index (χ2v) is 7.89. The highest BCUT2D eigenvalue weighted by Gasteiger charge is 2.17. The molecule has 2 aromatic carbocycles. The van der Waals surface area contributed by atoms with Crippen molar-refractivity contribution >= 4 is 23.2 Å². The summed E-state index contributed by atoms with van der Waals surface area (Å²) >= 11 is 1.31. The maximum absolute atomic E-state index is 12.6. The van der Waals surface area contributed by atoms with E-state index in [1.807, 2.05) is 37.3 Å². The maximum atomic E-state index is 12.6. The standard InChI is InChI=1S/C23H25N3O4S/c1-4-12-30-18-11-10-17(14-19(18)29-3)22(27)25-26-23(28)21-15(2)24-20(31-21)13-16-8-6-5-7-9-16/h5-11,14H,4,12-13H2,1-3H3,(H,25,27)(H,26,28). The van der Waals surface area contributed by atoms with Gasteiger partial charge >= 0.3 is 0 Å². The number of carbonyl (C=O) groups is 2. The van der Waals surface area contributed by atoms with Crippen LogP contribution in [0.25, 0.3) is 0 Å². The van der Waals surface area contributed by atoms with Crippen LogP contribution < -0.4 is 20.3 Å². The molecular weight excluding hydrogens is 414 g/mol. The average Bonchev–Trinajstić information content (AvgIpc) is 3.16. The minimum Gasteiger partial charge on any atom is -0.493 e. The number of methoxy groups -OCH3 is 1. The monoisotopic (exact) mass is 439 g/mol. The quantitative estimate of drug-likeness (QED) is 0.520. The number of hydrazine groups is 1. The summed E-state index contributed by atoms with van der Waals surface area (Å²) in [6.07, 6.45) is 1.51. The fourth-order valence-electron chi connectivity index (χ4n) is 2.89. The molecule has 2 N–H and O–H groups in total. The summed E-state index contributed by atoms with van der Waals surface area (Å²) in [7, 11) is 1.51. The molecule has 0 saturated heterocycles. The SMILES string of the molecule is CCCOc1ccc(C(=O)NNC(=O)c2sc(Cc3ccccc3)nc2C)cc1OC. The summed E-state index contributed by atoms with van der Waals surface area (Å²) in [5, 5.41) is 0.840. The highest BCUT2D eigenvalue weighted by molar-refractivity contribution is 7.13. The number of nitrogens with one attached hydrogen (secondary N) is 2. The van der Waals surface area contributed by atoms with E-state index in [1.165, 1.54) is 18.4 Å². The highest BCUT2D eigenvalue weighted by Crippen LogP contribution is 2.28. The van der Waals surface area contributed by atoms with Crippen molar-refractivity contribution in [1.29, 1.82) is 0 Å². The van der Waals surface area contributed by atoms with Gasteiger partial charge in [-0.1, -0.05) is 37.3 Å². The summed E-state index contributed by atoms with van der Waals surface area (Å²) in [5.41, 5.74) is 6.99. The number of amides is 2. The Hall–Kier alpha value is -3.39. The molecule has 0 aliphatic carbocycles. The molecule has 0 spiro atoms. The van der Waals surface area contributed by atoms with Crippen molar-refractivity contribution in [2.24, 2.45) is 0 Å². The number of thiazole rings is 1. The van der Waals surface area contributed by atoms with Crippen molar-refractivity contribution in [3.63, 3.8) is 0 Å². The Morgan fingerprint density at radius 3 is 2.48 bits per heavy atom. The molecule has 0 aliphatic heterocycles. The lowest BCUT2D eigenvalue weighted by Crippen LogP contribution is -2.41. The fourth-order valence-corrected chi connectivity index (χ4v) is 3.89. The van der Waals surface area contributed by atoms with Crippen molar-refractivity contribution in [2.75, 3.05) is 13.7 Å².